The lowest BCUT2D eigenvalue weighted by atomic mass is 9.97. The minimum atomic E-state index is 0.542. The van der Waals surface area contributed by atoms with Gasteiger partial charge in [-0.3, -0.25) is 0 Å². The molecule has 0 spiro atoms. The second-order valence-electron chi connectivity index (χ2n) is 6.04. The van der Waals surface area contributed by atoms with Crippen LogP contribution in [0.3, 0.4) is 0 Å². The second-order valence-corrected chi connectivity index (χ2v) is 6.39. The zero-order valence-corrected chi connectivity index (χ0v) is 12.0. The maximum Gasteiger partial charge on any atom is 0.181 e. The fourth-order valence-corrected chi connectivity index (χ4v) is 3.25. The van der Waals surface area contributed by atoms with Crippen LogP contribution < -0.4 is 0 Å². The highest BCUT2D eigenvalue weighted by Gasteiger charge is 2.45. The van der Waals surface area contributed by atoms with Crippen LogP contribution in [0.25, 0.3) is 5.65 Å². The molecule has 0 saturated heterocycles. The number of aryl methyl sites for hydroxylation is 1. The van der Waals surface area contributed by atoms with Crippen molar-refractivity contribution in [2.45, 2.75) is 45.4 Å². The molecule has 0 unspecified atom stereocenters. The zero-order chi connectivity index (χ0) is 13.1. The first-order valence-electron chi connectivity index (χ1n) is 7.05. The van der Waals surface area contributed by atoms with Gasteiger partial charge in [-0.1, -0.05) is 11.6 Å². The molecular weight excluding hydrogens is 260 g/mol. The van der Waals surface area contributed by atoms with Crippen LogP contribution in [0.2, 0.25) is 5.15 Å². The summed E-state index contributed by atoms with van der Waals surface area (Å²) in [6.45, 7) is 4.03. The summed E-state index contributed by atoms with van der Waals surface area (Å²) < 4.78 is 1.89. The molecule has 0 atom stereocenters. The molecule has 0 aromatic carbocycles. The van der Waals surface area contributed by atoms with E-state index in [4.69, 9.17) is 11.6 Å². The SMILES string of the molecule is Cc1c(Cl)nn2c(C(C3CC3)C3CC3)nnc2c1C. The van der Waals surface area contributed by atoms with E-state index in [1.807, 2.05) is 18.4 Å². The topological polar surface area (TPSA) is 43.1 Å². The van der Waals surface area contributed by atoms with Crippen LogP contribution in [-0.2, 0) is 0 Å². The van der Waals surface area contributed by atoms with E-state index >= 15 is 0 Å². The highest BCUT2D eigenvalue weighted by Crippen LogP contribution is 2.53. The molecule has 5 heteroatoms. The predicted octanol–water partition coefficient (Wildman–Crippen LogP) is 3.30. The number of nitrogens with zero attached hydrogens (tertiary/aromatic N) is 4. The molecule has 4 rings (SSSR count). The maximum atomic E-state index is 6.23. The van der Waals surface area contributed by atoms with Crippen molar-refractivity contribution in [2.75, 3.05) is 0 Å². The Morgan fingerprint density at radius 2 is 1.68 bits per heavy atom. The van der Waals surface area contributed by atoms with Crippen molar-refractivity contribution in [2.24, 2.45) is 11.8 Å². The third kappa shape index (κ3) is 1.76. The molecule has 2 aliphatic rings. The van der Waals surface area contributed by atoms with E-state index in [1.54, 1.807) is 0 Å². The number of hydrogen-bond donors (Lipinski definition) is 0. The van der Waals surface area contributed by atoms with Crippen LogP contribution in [-0.4, -0.2) is 19.8 Å². The molecule has 2 fully saturated rings. The number of hydrogen-bond acceptors (Lipinski definition) is 3. The van der Waals surface area contributed by atoms with E-state index in [-0.39, 0.29) is 0 Å². The zero-order valence-electron chi connectivity index (χ0n) is 11.2. The Labute approximate surface area is 117 Å². The Morgan fingerprint density at radius 1 is 1.05 bits per heavy atom. The van der Waals surface area contributed by atoms with Crippen LogP contribution in [0.15, 0.2) is 0 Å². The summed E-state index contributed by atoms with van der Waals surface area (Å²) in [4.78, 5) is 0. The summed E-state index contributed by atoms with van der Waals surface area (Å²) in [7, 11) is 0. The molecule has 2 aromatic heterocycles. The first-order valence-corrected chi connectivity index (χ1v) is 7.42. The molecule has 2 heterocycles. The van der Waals surface area contributed by atoms with E-state index in [0.29, 0.717) is 11.1 Å². The van der Waals surface area contributed by atoms with Crippen LogP contribution in [0.1, 0.15) is 48.6 Å². The molecule has 0 radical (unpaired) electrons. The lowest BCUT2D eigenvalue weighted by molar-refractivity contribution is 0.496. The molecular formula is C14H17ClN4. The summed E-state index contributed by atoms with van der Waals surface area (Å²) in [5.74, 6) is 3.16. The summed E-state index contributed by atoms with van der Waals surface area (Å²) in [5, 5.41) is 13.9. The van der Waals surface area contributed by atoms with Gasteiger partial charge < -0.3 is 0 Å². The van der Waals surface area contributed by atoms with E-state index in [1.165, 1.54) is 25.7 Å². The van der Waals surface area contributed by atoms with Gasteiger partial charge in [0.25, 0.3) is 0 Å². The molecule has 19 heavy (non-hydrogen) atoms. The molecule has 2 aliphatic carbocycles. The van der Waals surface area contributed by atoms with Gasteiger partial charge in [0.2, 0.25) is 0 Å². The van der Waals surface area contributed by atoms with Crippen molar-refractivity contribution >= 4 is 17.2 Å². The minimum absolute atomic E-state index is 0.542. The highest BCUT2D eigenvalue weighted by molar-refractivity contribution is 6.30. The summed E-state index contributed by atoms with van der Waals surface area (Å²) in [6.07, 6.45) is 5.31. The standard InChI is InChI=1S/C14H17ClN4/c1-7-8(2)13-16-17-14(19(13)18-12(7)15)11(9-3-4-9)10-5-6-10/h9-11H,3-6H2,1-2H3. The van der Waals surface area contributed by atoms with Crippen molar-refractivity contribution in [1.29, 1.82) is 0 Å². The Morgan fingerprint density at radius 3 is 2.26 bits per heavy atom. The quantitative estimate of drug-likeness (QED) is 0.864. The fourth-order valence-electron chi connectivity index (χ4n) is 3.03. The van der Waals surface area contributed by atoms with Crippen LogP contribution in [0.5, 0.6) is 0 Å². The summed E-state index contributed by atoms with van der Waals surface area (Å²) in [6, 6.07) is 0. The lowest BCUT2D eigenvalue weighted by Crippen LogP contribution is -2.11. The average molecular weight is 277 g/mol. The molecule has 0 bridgehead atoms. The Hall–Kier alpha value is -1.16. The Kier molecular flexibility index (Phi) is 2.40. The first-order chi connectivity index (χ1) is 9.16. The van der Waals surface area contributed by atoms with Gasteiger partial charge in [-0.25, -0.2) is 0 Å². The van der Waals surface area contributed by atoms with E-state index in [0.717, 1.165) is 34.4 Å². The monoisotopic (exact) mass is 276 g/mol. The van der Waals surface area contributed by atoms with Gasteiger partial charge in [-0.15, -0.1) is 10.2 Å². The molecule has 0 aliphatic heterocycles. The molecule has 0 amide bonds. The van der Waals surface area contributed by atoms with Crippen LogP contribution in [0, 0.1) is 25.7 Å². The van der Waals surface area contributed by atoms with E-state index in [2.05, 4.69) is 15.3 Å². The van der Waals surface area contributed by atoms with Gasteiger partial charge in [-0.2, -0.15) is 9.61 Å². The number of aromatic nitrogens is 4. The number of rotatable bonds is 3. The molecule has 100 valence electrons. The smallest absolute Gasteiger partial charge is 0.181 e. The third-order valence-electron chi connectivity index (χ3n) is 4.62. The van der Waals surface area contributed by atoms with E-state index < -0.39 is 0 Å². The van der Waals surface area contributed by atoms with Gasteiger partial charge in [0, 0.05) is 11.5 Å². The third-order valence-corrected chi connectivity index (χ3v) is 4.98. The average Bonchev–Trinajstić information content (AvgIpc) is 3.28. The second kappa shape index (κ2) is 3.92. The van der Waals surface area contributed by atoms with Gasteiger partial charge in [0.05, 0.1) is 0 Å². The largest absolute Gasteiger partial charge is 0.195 e. The summed E-state index contributed by atoms with van der Waals surface area (Å²) in [5.41, 5.74) is 2.95. The van der Waals surface area contributed by atoms with E-state index in [9.17, 15) is 0 Å². The van der Waals surface area contributed by atoms with Crippen molar-refractivity contribution in [3.63, 3.8) is 0 Å². The fraction of sp³-hybridized carbons (Fsp3) is 0.643. The molecule has 0 N–H and O–H groups in total. The normalized spacial score (nSPS) is 19.6. The van der Waals surface area contributed by atoms with Crippen molar-refractivity contribution in [3.8, 4) is 0 Å². The van der Waals surface area contributed by atoms with Crippen molar-refractivity contribution in [1.82, 2.24) is 19.8 Å². The van der Waals surface area contributed by atoms with Gasteiger partial charge in [0.15, 0.2) is 16.6 Å². The van der Waals surface area contributed by atoms with Gasteiger partial charge in [0.1, 0.15) is 0 Å². The van der Waals surface area contributed by atoms with Crippen molar-refractivity contribution in [3.05, 3.63) is 22.1 Å². The number of halogens is 1. The maximum absolute atomic E-state index is 6.23. The minimum Gasteiger partial charge on any atom is -0.195 e. The molecule has 2 saturated carbocycles. The van der Waals surface area contributed by atoms with Gasteiger partial charge in [-0.05, 0) is 56.9 Å². The molecule has 2 aromatic rings. The lowest BCUT2D eigenvalue weighted by Gasteiger charge is -2.13. The van der Waals surface area contributed by atoms with Crippen molar-refractivity contribution < 1.29 is 0 Å². The van der Waals surface area contributed by atoms with Crippen LogP contribution in [0.4, 0.5) is 0 Å². The van der Waals surface area contributed by atoms with Gasteiger partial charge >= 0.3 is 0 Å². The number of fused-ring (bicyclic) bond motifs is 1. The Bertz CT molecular complexity index is 643. The molecule has 4 nitrogen and oxygen atoms in total. The summed E-state index contributed by atoms with van der Waals surface area (Å²) >= 11 is 6.23. The predicted molar refractivity (Wildman–Crippen MR) is 73.5 cm³/mol. The first kappa shape index (κ1) is 11.6. The Balaban J connectivity index is 1.90. The van der Waals surface area contributed by atoms with Crippen LogP contribution >= 0.6 is 11.6 Å². The highest BCUT2D eigenvalue weighted by atomic mass is 35.5.